The zero-order valence-corrected chi connectivity index (χ0v) is 12.6. The molecular weight excluding hydrogens is 276 g/mol. The predicted molar refractivity (Wildman–Crippen MR) is 79.7 cm³/mol. The average molecular weight is 296 g/mol. The molecule has 1 aromatic heterocycles. The Morgan fingerprint density at radius 2 is 2.15 bits per heavy atom. The minimum Gasteiger partial charge on any atom is -0.436 e. The maximum Gasteiger partial charge on any atom is 0.289 e. The number of carbonyl (C=O) groups is 1. The Balaban J connectivity index is 1.85. The van der Waals surface area contributed by atoms with Crippen LogP contribution in [0.1, 0.15) is 35.0 Å². The number of amides is 1. The van der Waals surface area contributed by atoms with Gasteiger partial charge in [-0.25, -0.2) is 4.98 Å². The van der Waals surface area contributed by atoms with Crippen LogP contribution in [0.4, 0.5) is 0 Å². The van der Waals surface area contributed by atoms with Crippen LogP contribution in [-0.2, 0) is 0 Å². The highest BCUT2D eigenvalue weighted by Gasteiger charge is 2.23. The zero-order valence-electron chi connectivity index (χ0n) is 11.8. The third-order valence-corrected chi connectivity index (χ3v) is 3.54. The van der Waals surface area contributed by atoms with Gasteiger partial charge in [-0.3, -0.25) is 9.69 Å². The maximum atomic E-state index is 12.1. The number of nitrogens with two attached hydrogens (primary N) is 1. The maximum absolute atomic E-state index is 12.1. The minimum atomic E-state index is -0.184. The number of hydrogen-bond donors (Lipinski definition) is 2. The molecule has 2 heterocycles. The molecule has 1 fully saturated rings. The highest BCUT2D eigenvalue weighted by atomic mass is 32.1. The lowest BCUT2D eigenvalue weighted by Crippen LogP contribution is -2.46. The Bertz CT molecular complexity index is 506. The van der Waals surface area contributed by atoms with Gasteiger partial charge in [-0.2, -0.15) is 0 Å². The Morgan fingerprint density at radius 3 is 2.65 bits per heavy atom. The van der Waals surface area contributed by atoms with Crippen LogP contribution in [0.2, 0.25) is 0 Å². The second-order valence-electron chi connectivity index (χ2n) is 5.14. The number of nitrogens with zero attached hydrogens (tertiary/aromatic N) is 2. The molecular formula is C13H20N4O2S. The van der Waals surface area contributed by atoms with Crippen molar-refractivity contribution in [2.75, 3.05) is 19.6 Å². The number of carbonyl (C=O) groups excluding carboxylic acids is 1. The molecule has 0 atom stereocenters. The molecule has 0 bridgehead atoms. The topological polar surface area (TPSA) is 84.4 Å². The SMILES string of the molecule is Cc1nc(C)c(C(=O)NC2CCN(CC(N)=S)CC2)o1. The molecule has 2 rings (SSSR count). The van der Waals surface area contributed by atoms with Gasteiger partial charge in [0.1, 0.15) is 0 Å². The molecule has 0 radical (unpaired) electrons. The quantitative estimate of drug-likeness (QED) is 0.799. The van der Waals surface area contributed by atoms with Crippen molar-refractivity contribution in [2.24, 2.45) is 5.73 Å². The normalized spacial score (nSPS) is 17.1. The molecule has 110 valence electrons. The van der Waals surface area contributed by atoms with Gasteiger partial charge in [0.15, 0.2) is 5.89 Å². The number of hydrogen-bond acceptors (Lipinski definition) is 5. The van der Waals surface area contributed by atoms with Crippen molar-refractivity contribution in [1.82, 2.24) is 15.2 Å². The third-order valence-electron chi connectivity index (χ3n) is 3.41. The second kappa shape index (κ2) is 6.32. The summed E-state index contributed by atoms with van der Waals surface area (Å²) in [6, 6.07) is 0.162. The van der Waals surface area contributed by atoms with Crippen LogP contribution in [0.5, 0.6) is 0 Å². The molecule has 0 saturated carbocycles. The fraction of sp³-hybridized carbons (Fsp3) is 0.615. The van der Waals surface area contributed by atoms with Gasteiger partial charge in [0, 0.05) is 32.6 Å². The van der Waals surface area contributed by atoms with Crippen molar-refractivity contribution < 1.29 is 9.21 Å². The van der Waals surface area contributed by atoms with Gasteiger partial charge in [-0.1, -0.05) is 12.2 Å². The summed E-state index contributed by atoms with van der Waals surface area (Å²) in [5.74, 6) is 0.642. The van der Waals surface area contributed by atoms with Crippen LogP contribution in [-0.4, -0.2) is 46.5 Å². The Hall–Kier alpha value is -1.47. The van der Waals surface area contributed by atoms with E-state index in [9.17, 15) is 4.79 Å². The molecule has 0 aromatic carbocycles. The van der Waals surface area contributed by atoms with Crippen LogP contribution in [0.15, 0.2) is 4.42 Å². The van der Waals surface area contributed by atoms with Gasteiger partial charge in [0.25, 0.3) is 5.91 Å². The number of nitrogens with one attached hydrogen (secondary N) is 1. The number of piperidine rings is 1. The van der Waals surface area contributed by atoms with Gasteiger partial charge in [-0.05, 0) is 19.8 Å². The zero-order chi connectivity index (χ0) is 14.7. The van der Waals surface area contributed by atoms with Gasteiger partial charge >= 0.3 is 0 Å². The molecule has 0 unspecified atom stereocenters. The summed E-state index contributed by atoms with van der Waals surface area (Å²) in [7, 11) is 0. The van der Waals surface area contributed by atoms with E-state index in [0.29, 0.717) is 28.9 Å². The number of oxazole rings is 1. The van der Waals surface area contributed by atoms with Crippen LogP contribution in [0.3, 0.4) is 0 Å². The molecule has 7 heteroatoms. The summed E-state index contributed by atoms with van der Waals surface area (Å²) < 4.78 is 5.32. The van der Waals surface area contributed by atoms with E-state index in [-0.39, 0.29) is 11.9 Å². The molecule has 1 amide bonds. The van der Waals surface area contributed by atoms with Crippen molar-refractivity contribution in [3.05, 3.63) is 17.3 Å². The first-order valence-electron chi connectivity index (χ1n) is 6.71. The van der Waals surface area contributed by atoms with Crippen molar-refractivity contribution in [3.63, 3.8) is 0 Å². The molecule has 1 aliphatic heterocycles. The number of thiocarbonyl (C=S) groups is 1. The van der Waals surface area contributed by atoms with E-state index in [0.717, 1.165) is 25.9 Å². The Labute approximate surface area is 123 Å². The van der Waals surface area contributed by atoms with E-state index in [1.807, 2.05) is 0 Å². The summed E-state index contributed by atoms with van der Waals surface area (Å²) in [4.78, 5) is 18.9. The van der Waals surface area contributed by atoms with E-state index in [1.165, 1.54) is 0 Å². The second-order valence-corrected chi connectivity index (χ2v) is 5.66. The first-order chi connectivity index (χ1) is 9.45. The lowest BCUT2D eigenvalue weighted by atomic mass is 10.0. The average Bonchev–Trinajstić information content (AvgIpc) is 2.70. The van der Waals surface area contributed by atoms with E-state index in [4.69, 9.17) is 22.4 Å². The third kappa shape index (κ3) is 3.77. The van der Waals surface area contributed by atoms with Crippen molar-refractivity contribution in [1.29, 1.82) is 0 Å². The molecule has 0 aliphatic carbocycles. The lowest BCUT2D eigenvalue weighted by molar-refractivity contribution is 0.0884. The molecule has 1 saturated heterocycles. The van der Waals surface area contributed by atoms with Gasteiger partial charge in [-0.15, -0.1) is 0 Å². The van der Waals surface area contributed by atoms with Gasteiger partial charge < -0.3 is 15.5 Å². The highest BCUT2D eigenvalue weighted by molar-refractivity contribution is 7.80. The summed E-state index contributed by atoms with van der Waals surface area (Å²) in [5, 5.41) is 3.00. The van der Waals surface area contributed by atoms with Crippen molar-refractivity contribution in [2.45, 2.75) is 32.7 Å². The number of rotatable bonds is 4. The number of likely N-dealkylation sites (tertiary alicyclic amines) is 1. The fourth-order valence-electron chi connectivity index (χ4n) is 2.45. The molecule has 20 heavy (non-hydrogen) atoms. The van der Waals surface area contributed by atoms with Gasteiger partial charge in [0.2, 0.25) is 5.76 Å². The molecule has 1 aliphatic rings. The smallest absolute Gasteiger partial charge is 0.289 e. The van der Waals surface area contributed by atoms with E-state index >= 15 is 0 Å². The monoisotopic (exact) mass is 296 g/mol. The first kappa shape index (κ1) is 14.9. The van der Waals surface area contributed by atoms with Crippen LogP contribution in [0.25, 0.3) is 0 Å². The van der Waals surface area contributed by atoms with E-state index < -0.39 is 0 Å². The summed E-state index contributed by atoms with van der Waals surface area (Å²) in [6.45, 7) is 5.93. The van der Waals surface area contributed by atoms with E-state index in [1.54, 1.807) is 13.8 Å². The summed E-state index contributed by atoms with van der Waals surface area (Å²) in [6.07, 6.45) is 1.78. The van der Waals surface area contributed by atoms with Crippen LogP contribution in [0, 0.1) is 13.8 Å². The summed E-state index contributed by atoms with van der Waals surface area (Å²) in [5.41, 5.74) is 6.16. The Kier molecular flexibility index (Phi) is 4.72. The number of aryl methyl sites for hydroxylation is 2. The molecule has 1 aromatic rings. The summed E-state index contributed by atoms with van der Waals surface area (Å²) >= 11 is 4.90. The lowest BCUT2D eigenvalue weighted by Gasteiger charge is -2.31. The largest absolute Gasteiger partial charge is 0.436 e. The fourth-order valence-corrected chi connectivity index (χ4v) is 2.63. The van der Waals surface area contributed by atoms with E-state index in [2.05, 4.69) is 15.2 Å². The Morgan fingerprint density at radius 1 is 1.50 bits per heavy atom. The minimum absolute atomic E-state index is 0.162. The van der Waals surface area contributed by atoms with Crippen molar-refractivity contribution >= 4 is 23.1 Å². The highest BCUT2D eigenvalue weighted by Crippen LogP contribution is 2.13. The van der Waals surface area contributed by atoms with Crippen LogP contribution < -0.4 is 11.1 Å². The van der Waals surface area contributed by atoms with Gasteiger partial charge in [0.05, 0.1) is 10.7 Å². The predicted octanol–water partition coefficient (Wildman–Crippen LogP) is 0.772. The van der Waals surface area contributed by atoms with Crippen LogP contribution >= 0.6 is 12.2 Å². The van der Waals surface area contributed by atoms with Crippen molar-refractivity contribution in [3.8, 4) is 0 Å². The molecule has 0 spiro atoms. The molecule has 6 nitrogen and oxygen atoms in total. The standard InChI is InChI=1S/C13H20N4O2S/c1-8-12(19-9(2)15-8)13(18)16-10-3-5-17(6-4-10)7-11(14)20/h10H,3-7H2,1-2H3,(H2,14,20)(H,16,18). The first-order valence-corrected chi connectivity index (χ1v) is 7.12. The number of aromatic nitrogens is 1. The molecule has 3 N–H and O–H groups in total.